The number of fused-ring (bicyclic) bond motifs is 1. The van der Waals surface area contributed by atoms with E-state index in [0.29, 0.717) is 39.1 Å². The first-order valence-corrected chi connectivity index (χ1v) is 9.55. The molecule has 0 unspecified atom stereocenters. The minimum atomic E-state index is -0.453. The van der Waals surface area contributed by atoms with Crippen molar-refractivity contribution in [3.05, 3.63) is 11.9 Å². The van der Waals surface area contributed by atoms with Crippen molar-refractivity contribution in [2.24, 2.45) is 5.92 Å². The zero-order valence-corrected chi connectivity index (χ0v) is 17.1. The maximum Gasteiger partial charge on any atom is 0.409 e. The highest BCUT2D eigenvalue weighted by atomic mass is 16.5. The fourth-order valence-corrected chi connectivity index (χ4v) is 3.25. The summed E-state index contributed by atoms with van der Waals surface area (Å²) in [5.41, 5.74) is 0.825. The first-order chi connectivity index (χ1) is 13.4. The molecule has 0 bridgehead atoms. The predicted octanol–water partition coefficient (Wildman–Crippen LogP) is 0.501. The molecule has 0 saturated heterocycles. The number of likely N-dealkylation sites (N-methyl/N-ethyl adjacent to an activating group) is 1. The zero-order chi connectivity index (χ0) is 20.7. The van der Waals surface area contributed by atoms with Gasteiger partial charge in [-0.3, -0.25) is 4.79 Å². The molecule has 0 fully saturated rings. The standard InChI is InChI=1S/C18H31N5O5/c1-13-9-22(14(2)11-24)17(25)6-5-7-23-15(8-19-20-23)12-28-16(13)10-21(3)18(26)27-4/h8,13-14,16,24H,5-7,9-12H2,1-4H3/t13-,14+,16+/m0/s1. The van der Waals surface area contributed by atoms with Crippen molar-refractivity contribution in [2.45, 2.75) is 52.0 Å². The maximum absolute atomic E-state index is 12.8. The zero-order valence-electron chi connectivity index (χ0n) is 17.1. The topological polar surface area (TPSA) is 110 Å². The van der Waals surface area contributed by atoms with Crippen LogP contribution in [-0.4, -0.2) is 87.9 Å². The number of amides is 2. The summed E-state index contributed by atoms with van der Waals surface area (Å²) in [5, 5.41) is 17.6. The highest BCUT2D eigenvalue weighted by Gasteiger charge is 2.29. The number of methoxy groups -OCH3 is 1. The lowest BCUT2D eigenvalue weighted by Crippen LogP contribution is -2.47. The molecule has 1 aromatic rings. The Balaban J connectivity index is 2.25. The Morgan fingerprint density at radius 2 is 2.29 bits per heavy atom. The van der Waals surface area contributed by atoms with Gasteiger partial charge < -0.3 is 24.4 Å². The van der Waals surface area contributed by atoms with E-state index < -0.39 is 6.09 Å². The molecule has 3 atom stereocenters. The first kappa shape index (κ1) is 22.1. The maximum atomic E-state index is 12.8. The third-order valence-corrected chi connectivity index (χ3v) is 5.08. The van der Waals surface area contributed by atoms with Gasteiger partial charge in [0.25, 0.3) is 0 Å². The molecule has 0 saturated carbocycles. The summed E-state index contributed by atoms with van der Waals surface area (Å²) in [6, 6.07) is -0.293. The molecule has 1 aliphatic heterocycles. The lowest BCUT2D eigenvalue weighted by atomic mass is 10.0. The van der Waals surface area contributed by atoms with Gasteiger partial charge in [-0.2, -0.15) is 0 Å². The largest absolute Gasteiger partial charge is 0.453 e. The number of carbonyl (C=O) groups is 2. The normalized spacial score (nSPS) is 22.6. The van der Waals surface area contributed by atoms with Gasteiger partial charge in [-0.25, -0.2) is 9.48 Å². The van der Waals surface area contributed by atoms with Crippen LogP contribution in [0.15, 0.2) is 6.20 Å². The van der Waals surface area contributed by atoms with E-state index in [1.54, 1.807) is 22.8 Å². The van der Waals surface area contributed by atoms with Crippen molar-refractivity contribution in [1.29, 1.82) is 0 Å². The first-order valence-electron chi connectivity index (χ1n) is 9.55. The average molecular weight is 397 g/mol. The second-order valence-corrected chi connectivity index (χ2v) is 7.31. The minimum absolute atomic E-state index is 0.0179. The van der Waals surface area contributed by atoms with Crippen LogP contribution in [0.5, 0.6) is 0 Å². The van der Waals surface area contributed by atoms with Crippen molar-refractivity contribution in [1.82, 2.24) is 24.8 Å². The smallest absolute Gasteiger partial charge is 0.409 e. The molecule has 10 heteroatoms. The van der Waals surface area contributed by atoms with Crippen LogP contribution >= 0.6 is 0 Å². The molecular formula is C18H31N5O5. The lowest BCUT2D eigenvalue weighted by Gasteiger charge is -2.35. The molecule has 2 amide bonds. The Morgan fingerprint density at radius 3 is 2.96 bits per heavy atom. The third-order valence-electron chi connectivity index (χ3n) is 5.08. The van der Waals surface area contributed by atoms with Crippen LogP contribution in [0.25, 0.3) is 0 Å². The number of hydrogen-bond donors (Lipinski definition) is 1. The number of aliphatic hydroxyl groups is 1. The van der Waals surface area contributed by atoms with Gasteiger partial charge in [-0.1, -0.05) is 12.1 Å². The highest BCUT2D eigenvalue weighted by Crippen LogP contribution is 2.18. The van der Waals surface area contributed by atoms with Gasteiger partial charge in [-0.05, 0) is 13.3 Å². The number of rotatable bonds is 4. The number of aromatic nitrogens is 3. The Kier molecular flexibility index (Phi) is 8.18. The molecule has 1 N–H and O–H groups in total. The van der Waals surface area contributed by atoms with Gasteiger partial charge in [0.15, 0.2) is 0 Å². The van der Waals surface area contributed by atoms with Crippen LogP contribution in [-0.2, 0) is 27.4 Å². The summed E-state index contributed by atoms with van der Waals surface area (Å²) in [6.07, 6.45) is 1.86. The van der Waals surface area contributed by atoms with E-state index in [2.05, 4.69) is 10.3 Å². The molecule has 10 nitrogen and oxygen atoms in total. The third kappa shape index (κ3) is 5.65. The Morgan fingerprint density at radius 1 is 1.54 bits per heavy atom. The van der Waals surface area contributed by atoms with Crippen molar-refractivity contribution >= 4 is 12.0 Å². The number of nitrogens with zero attached hydrogens (tertiary/aromatic N) is 5. The van der Waals surface area contributed by atoms with Gasteiger partial charge in [0.1, 0.15) is 0 Å². The highest BCUT2D eigenvalue weighted by molar-refractivity contribution is 5.76. The summed E-state index contributed by atoms with van der Waals surface area (Å²) in [7, 11) is 2.97. The van der Waals surface area contributed by atoms with Crippen LogP contribution in [0.2, 0.25) is 0 Å². The molecule has 0 spiro atoms. The van der Waals surface area contributed by atoms with Gasteiger partial charge in [0, 0.05) is 32.5 Å². The van der Waals surface area contributed by atoms with E-state index in [1.807, 2.05) is 13.8 Å². The summed E-state index contributed by atoms with van der Waals surface area (Å²) >= 11 is 0. The average Bonchev–Trinajstić information content (AvgIpc) is 3.13. The summed E-state index contributed by atoms with van der Waals surface area (Å²) in [5.74, 6) is -0.0930. The van der Waals surface area contributed by atoms with Crippen LogP contribution in [0.1, 0.15) is 32.4 Å². The Bertz CT molecular complexity index is 652. The number of aryl methyl sites for hydroxylation is 1. The summed E-state index contributed by atoms with van der Waals surface area (Å²) < 4.78 is 12.6. The predicted molar refractivity (Wildman–Crippen MR) is 100 cm³/mol. The molecule has 1 aliphatic rings. The van der Waals surface area contributed by atoms with Gasteiger partial charge >= 0.3 is 6.09 Å². The fourth-order valence-electron chi connectivity index (χ4n) is 3.25. The molecule has 28 heavy (non-hydrogen) atoms. The monoisotopic (exact) mass is 397 g/mol. The van der Waals surface area contributed by atoms with Crippen LogP contribution < -0.4 is 0 Å². The second kappa shape index (κ2) is 10.4. The summed E-state index contributed by atoms with van der Waals surface area (Å²) in [6.45, 7) is 5.29. The molecule has 2 rings (SSSR count). The van der Waals surface area contributed by atoms with Crippen molar-refractivity contribution in [2.75, 3.05) is 33.9 Å². The SMILES string of the molecule is COC(=O)N(C)C[C@H]1OCc2cnnn2CCCC(=O)N([C@H](C)CO)C[C@@H]1C. The number of carbonyl (C=O) groups excluding carboxylic acids is 2. The molecular weight excluding hydrogens is 366 g/mol. The van der Waals surface area contributed by atoms with E-state index in [1.165, 1.54) is 12.0 Å². The molecule has 0 aliphatic carbocycles. The van der Waals surface area contributed by atoms with Crippen LogP contribution in [0.4, 0.5) is 4.79 Å². The van der Waals surface area contributed by atoms with Gasteiger partial charge in [0.2, 0.25) is 5.91 Å². The lowest BCUT2D eigenvalue weighted by molar-refractivity contribution is -0.136. The van der Waals surface area contributed by atoms with E-state index in [4.69, 9.17) is 9.47 Å². The molecule has 0 aromatic carbocycles. The van der Waals surface area contributed by atoms with Crippen LogP contribution in [0.3, 0.4) is 0 Å². The number of hydrogen-bond acceptors (Lipinski definition) is 7. The minimum Gasteiger partial charge on any atom is -0.453 e. The van der Waals surface area contributed by atoms with Gasteiger partial charge in [0.05, 0.1) is 50.9 Å². The number of ether oxygens (including phenoxy) is 2. The fraction of sp³-hybridized carbons (Fsp3) is 0.778. The Labute approximate surface area is 165 Å². The molecule has 2 heterocycles. The second-order valence-electron chi connectivity index (χ2n) is 7.31. The Hall–Kier alpha value is -2.20. The van der Waals surface area contributed by atoms with E-state index in [-0.39, 0.29) is 30.6 Å². The number of aliphatic hydroxyl groups excluding tert-OH is 1. The molecule has 1 aromatic heterocycles. The molecule has 0 radical (unpaired) electrons. The van der Waals surface area contributed by atoms with Crippen LogP contribution in [0, 0.1) is 5.92 Å². The summed E-state index contributed by atoms with van der Waals surface area (Å²) in [4.78, 5) is 27.7. The van der Waals surface area contributed by atoms with Gasteiger partial charge in [-0.15, -0.1) is 5.10 Å². The quantitative estimate of drug-likeness (QED) is 0.788. The van der Waals surface area contributed by atoms with Crippen molar-refractivity contribution < 1.29 is 24.2 Å². The van der Waals surface area contributed by atoms with Crippen molar-refractivity contribution in [3.63, 3.8) is 0 Å². The van der Waals surface area contributed by atoms with E-state index >= 15 is 0 Å². The molecule has 158 valence electrons. The van der Waals surface area contributed by atoms with E-state index in [0.717, 1.165) is 5.69 Å². The van der Waals surface area contributed by atoms with E-state index in [9.17, 15) is 14.7 Å². The van der Waals surface area contributed by atoms with Crippen molar-refractivity contribution in [3.8, 4) is 0 Å².